The van der Waals surface area contributed by atoms with E-state index in [9.17, 15) is 4.79 Å². The lowest BCUT2D eigenvalue weighted by molar-refractivity contribution is -0.139. The standard InChI is InChI=1S/C19H35N3O/c1-2-20-14-16-9-12-21(13-10-16)15-19(23)22-11-5-7-17-6-3-4-8-18(17)22/h16-18,20H,2-15H2,1H3. The largest absolute Gasteiger partial charge is 0.338 e. The number of hydrogen-bond donors (Lipinski definition) is 1. The van der Waals surface area contributed by atoms with Gasteiger partial charge in [0.15, 0.2) is 0 Å². The van der Waals surface area contributed by atoms with Crippen molar-refractivity contribution in [3.63, 3.8) is 0 Å². The van der Waals surface area contributed by atoms with Gasteiger partial charge in [-0.15, -0.1) is 0 Å². The van der Waals surface area contributed by atoms with Gasteiger partial charge in [-0.1, -0.05) is 19.8 Å². The Morgan fingerprint density at radius 3 is 2.52 bits per heavy atom. The highest BCUT2D eigenvalue weighted by atomic mass is 16.2. The van der Waals surface area contributed by atoms with Crippen LogP contribution in [-0.4, -0.2) is 61.0 Å². The van der Waals surface area contributed by atoms with Gasteiger partial charge in [-0.2, -0.15) is 0 Å². The molecule has 1 N–H and O–H groups in total. The lowest BCUT2D eigenvalue weighted by atomic mass is 9.78. The predicted molar refractivity (Wildman–Crippen MR) is 94.4 cm³/mol. The quantitative estimate of drug-likeness (QED) is 0.845. The zero-order valence-electron chi connectivity index (χ0n) is 14.9. The van der Waals surface area contributed by atoms with E-state index in [2.05, 4.69) is 22.0 Å². The van der Waals surface area contributed by atoms with Crippen molar-refractivity contribution in [2.45, 2.75) is 64.3 Å². The van der Waals surface area contributed by atoms with Gasteiger partial charge in [0, 0.05) is 12.6 Å². The topological polar surface area (TPSA) is 35.6 Å². The zero-order valence-corrected chi connectivity index (χ0v) is 14.9. The average molecular weight is 322 g/mol. The number of amides is 1. The maximum Gasteiger partial charge on any atom is 0.237 e. The van der Waals surface area contributed by atoms with Gasteiger partial charge in [0.25, 0.3) is 0 Å². The van der Waals surface area contributed by atoms with Crippen LogP contribution in [0.2, 0.25) is 0 Å². The van der Waals surface area contributed by atoms with Crippen molar-refractivity contribution in [3.8, 4) is 0 Å². The molecule has 4 nitrogen and oxygen atoms in total. The van der Waals surface area contributed by atoms with E-state index in [1.54, 1.807) is 0 Å². The summed E-state index contributed by atoms with van der Waals surface area (Å²) in [4.78, 5) is 17.5. The van der Waals surface area contributed by atoms with Crippen LogP contribution < -0.4 is 5.32 Å². The van der Waals surface area contributed by atoms with Gasteiger partial charge < -0.3 is 10.2 Å². The summed E-state index contributed by atoms with van der Waals surface area (Å²) in [6.07, 6.45) is 10.4. The van der Waals surface area contributed by atoms with E-state index in [0.29, 0.717) is 18.5 Å². The molecule has 3 rings (SSSR count). The Balaban J connectivity index is 1.45. The second kappa shape index (κ2) is 8.48. The third-order valence-electron chi connectivity index (χ3n) is 6.31. The Morgan fingerprint density at radius 1 is 1.00 bits per heavy atom. The minimum Gasteiger partial charge on any atom is -0.338 e. The maximum atomic E-state index is 12.8. The smallest absolute Gasteiger partial charge is 0.237 e. The lowest BCUT2D eigenvalue weighted by Crippen LogP contribution is -2.53. The molecule has 0 spiro atoms. The number of carbonyl (C=O) groups excluding carboxylic acids is 1. The van der Waals surface area contributed by atoms with Crippen LogP contribution in [0, 0.1) is 11.8 Å². The van der Waals surface area contributed by atoms with Gasteiger partial charge in [-0.05, 0) is 76.5 Å². The van der Waals surface area contributed by atoms with Crippen molar-refractivity contribution in [1.82, 2.24) is 15.1 Å². The van der Waals surface area contributed by atoms with E-state index in [1.807, 2.05) is 0 Å². The molecule has 0 radical (unpaired) electrons. The van der Waals surface area contributed by atoms with Gasteiger partial charge in [0.05, 0.1) is 6.54 Å². The summed E-state index contributed by atoms with van der Waals surface area (Å²) < 4.78 is 0. The molecule has 3 aliphatic rings. The van der Waals surface area contributed by atoms with Crippen molar-refractivity contribution < 1.29 is 4.79 Å². The first-order valence-electron chi connectivity index (χ1n) is 10.0. The molecule has 2 saturated heterocycles. The molecule has 2 aliphatic heterocycles. The normalized spacial score (nSPS) is 30.2. The van der Waals surface area contributed by atoms with E-state index in [0.717, 1.165) is 44.6 Å². The molecule has 2 heterocycles. The third kappa shape index (κ3) is 4.48. The number of hydrogen-bond acceptors (Lipinski definition) is 3. The molecule has 0 bridgehead atoms. The highest BCUT2D eigenvalue weighted by Gasteiger charge is 2.36. The first-order chi connectivity index (χ1) is 11.3. The van der Waals surface area contributed by atoms with E-state index in [4.69, 9.17) is 0 Å². The molecule has 3 fully saturated rings. The SMILES string of the molecule is CCNCC1CCN(CC(=O)N2CCCC3CCCCC32)CC1. The minimum absolute atomic E-state index is 0.409. The van der Waals surface area contributed by atoms with Crippen LogP contribution in [0.5, 0.6) is 0 Å². The van der Waals surface area contributed by atoms with Crippen LogP contribution in [0.15, 0.2) is 0 Å². The Bertz CT molecular complexity index is 377. The molecule has 1 saturated carbocycles. The van der Waals surface area contributed by atoms with Crippen LogP contribution in [0.1, 0.15) is 58.3 Å². The van der Waals surface area contributed by atoms with Gasteiger partial charge >= 0.3 is 0 Å². The number of piperidine rings is 2. The van der Waals surface area contributed by atoms with Crippen molar-refractivity contribution in [1.29, 1.82) is 0 Å². The molecule has 1 aliphatic carbocycles. The summed E-state index contributed by atoms with van der Waals surface area (Å²) in [6.45, 7) is 8.26. The first-order valence-corrected chi connectivity index (χ1v) is 10.0. The summed E-state index contributed by atoms with van der Waals surface area (Å²) in [5.74, 6) is 2.01. The number of carbonyl (C=O) groups is 1. The minimum atomic E-state index is 0.409. The molecule has 2 atom stereocenters. The van der Waals surface area contributed by atoms with Crippen LogP contribution in [0.4, 0.5) is 0 Å². The highest BCUT2D eigenvalue weighted by Crippen LogP contribution is 2.35. The highest BCUT2D eigenvalue weighted by molar-refractivity contribution is 5.78. The number of fused-ring (bicyclic) bond motifs is 1. The molecule has 0 aromatic carbocycles. The molecule has 132 valence electrons. The van der Waals surface area contributed by atoms with Crippen molar-refractivity contribution in [2.75, 3.05) is 39.3 Å². The molecule has 1 amide bonds. The third-order valence-corrected chi connectivity index (χ3v) is 6.31. The lowest BCUT2D eigenvalue weighted by Gasteiger charge is -2.45. The number of nitrogens with one attached hydrogen (secondary N) is 1. The second-order valence-electron chi connectivity index (χ2n) is 7.87. The van der Waals surface area contributed by atoms with E-state index in [1.165, 1.54) is 51.4 Å². The van der Waals surface area contributed by atoms with Gasteiger partial charge in [-0.3, -0.25) is 9.69 Å². The van der Waals surface area contributed by atoms with Gasteiger partial charge in [0.2, 0.25) is 5.91 Å². The molecule has 0 aromatic heterocycles. The molecule has 2 unspecified atom stereocenters. The second-order valence-corrected chi connectivity index (χ2v) is 7.87. The van der Waals surface area contributed by atoms with Crippen LogP contribution in [-0.2, 0) is 4.79 Å². The Labute approximate surface area is 142 Å². The van der Waals surface area contributed by atoms with Crippen molar-refractivity contribution in [3.05, 3.63) is 0 Å². The monoisotopic (exact) mass is 321 g/mol. The molecular formula is C19H35N3O. The Hall–Kier alpha value is -0.610. The van der Waals surface area contributed by atoms with Gasteiger partial charge in [0.1, 0.15) is 0 Å². The summed E-state index contributed by atoms with van der Waals surface area (Å²) in [5, 5.41) is 3.46. The molecule has 23 heavy (non-hydrogen) atoms. The number of nitrogens with zero attached hydrogens (tertiary/aromatic N) is 2. The van der Waals surface area contributed by atoms with Crippen molar-refractivity contribution in [2.24, 2.45) is 11.8 Å². The van der Waals surface area contributed by atoms with Crippen LogP contribution in [0.3, 0.4) is 0 Å². The summed E-state index contributed by atoms with van der Waals surface area (Å²) in [7, 11) is 0. The van der Waals surface area contributed by atoms with E-state index >= 15 is 0 Å². The Morgan fingerprint density at radius 2 is 1.74 bits per heavy atom. The summed E-state index contributed by atoms with van der Waals surface area (Å²) in [6, 6.07) is 0.566. The fourth-order valence-electron chi connectivity index (χ4n) is 4.91. The Kier molecular flexibility index (Phi) is 6.35. The van der Waals surface area contributed by atoms with Crippen LogP contribution in [0.25, 0.3) is 0 Å². The maximum absolute atomic E-state index is 12.8. The average Bonchev–Trinajstić information content (AvgIpc) is 2.60. The number of likely N-dealkylation sites (tertiary alicyclic amines) is 2. The fourth-order valence-corrected chi connectivity index (χ4v) is 4.91. The van der Waals surface area contributed by atoms with E-state index in [-0.39, 0.29) is 0 Å². The fraction of sp³-hybridized carbons (Fsp3) is 0.947. The van der Waals surface area contributed by atoms with Crippen molar-refractivity contribution >= 4 is 5.91 Å². The summed E-state index contributed by atoms with van der Waals surface area (Å²) in [5.41, 5.74) is 0. The summed E-state index contributed by atoms with van der Waals surface area (Å²) >= 11 is 0. The van der Waals surface area contributed by atoms with Gasteiger partial charge in [-0.25, -0.2) is 0 Å². The molecular weight excluding hydrogens is 286 g/mol. The zero-order chi connectivity index (χ0) is 16.1. The molecule has 4 heteroatoms. The first kappa shape index (κ1) is 17.2. The van der Waals surface area contributed by atoms with E-state index < -0.39 is 0 Å². The number of rotatable bonds is 5. The van der Waals surface area contributed by atoms with Crippen LogP contribution >= 0.6 is 0 Å². The molecule has 0 aromatic rings. The predicted octanol–water partition coefficient (Wildman–Crippen LogP) is 2.49.